The van der Waals surface area contributed by atoms with Gasteiger partial charge in [0, 0.05) is 22.5 Å². The molecule has 5 nitrogen and oxygen atoms in total. The van der Waals surface area contributed by atoms with Crippen LogP contribution in [0.2, 0.25) is 0 Å². The minimum atomic E-state index is -0.573. The second kappa shape index (κ2) is 6.13. The molecule has 1 heterocycles. The average Bonchev–Trinajstić information content (AvgIpc) is 2.84. The number of hydrogen-bond donors (Lipinski definition) is 1. The largest absolute Gasteiger partial charge is 0.458 e. The summed E-state index contributed by atoms with van der Waals surface area (Å²) >= 11 is 0. The second-order valence-corrected chi connectivity index (χ2v) is 7.72. The van der Waals surface area contributed by atoms with Crippen molar-refractivity contribution < 1.29 is 24.2 Å². The Kier molecular flexibility index (Phi) is 4.40. The van der Waals surface area contributed by atoms with Crippen molar-refractivity contribution in [1.82, 2.24) is 0 Å². The molecule has 6 atom stereocenters. The third-order valence-electron chi connectivity index (χ3n) is 6.27. The van der Waals surface area contributed by atoms with Gasteiger partial charge in [-0.25, -0.2) is 9.59 Å². The molecule has 3 aliphatic rings. The van der Waals surface area contributed by atoms with Crippen molar-refractivity contribution in [2.75, 3.05) is 0 Å². The Hall–Kier alpha value is -1.88. The number of carbonyl (C=O) groups excluding carboxylic acids is 2. The quantitative estimate of drug-likeness (QED) is 0.473. The van der Waals surface area contributed by atoms with Gasteiger partial charge in [-0.3, -0.25) is 0 Å². The van der Waals surface area contributed by atoms with Crippen LogP contribution in [0, 0.1) is 17.3 Å². The highest BCUT2D eigenvalue weighted by Gasteiger charge is 2.61. The number of esters is 2. The number of aliphatic hydroxyl groups is 1. The normalized spacial score (nSPS) is 40.8. The number of rotatable bonds is 2. The van der Waals surface area contributed by atoms with Crippen LogP contribution < -0.4 is 0 Å². The molecule has 136 valence electrons. The first kappa shape index (κ1) is 17.9. The molecule has 5 heteroatoms. The molecule has 0 spiro atoms. The van der Waals surface area contributed by atoms with Gasteiger partial charge in [-0.1, -0.05) is 31.2 Å². The second-order valence-electron chi connectivity index (χ2n) is 7.72. The predicted molar refractivity (Wildman–Crippen MR) is 92.4 cm³/mol. The first-order valence-corrected chi connectivity index (χ1v) is 8.79. The van der Waals surface area contributed by atoms with Gasteiger partial charge in [0.1, 0.15) is 12.2 Å². The van der Waals surface area contributed by atoms with Crippen molar-refractivity contribution in [3.63, 3.8) is 0 Å². The minimum Gasteiger partial charge on any atom is -0.458 e. The Bertz CT molecular complexity index is 688. The maximum atomic E-state index is 12.5. The van der Waals surface area contributed by atoms with Gasteiger partial charge in [0.15, 0.2) is 0 Å². The summed E-state index contributed by atoms with van der Waals surface area (Å²) in [7, 11) is 0. The molecule has 2 fully saturated rings. The molecule has 3 rings (SSSR count). The summed E-state index contributed by atoms with van der Waals surface area (Å²) in [5, 5.41) is 10.7. The van der Waals surface area contributed by atoms with Crippen LogP contribution >= 0.6 is 0 Å². The third-order valence-corrected chi connectivity index (χ3v) is 6.27. The third kappa shape index (κ3) is 2.65. The lowest BCUT2D eigenvalue weighted by Gasteiger charge is -2.53. The van der Waals surface area contributed by atoms with Crippen LogP contribution in [0.15, 0.2) is 35.5 Å². The lowest BCUT2D eigenvalue weighted by atomic mass is 9.54. The molecule has 0 aromatic carbocycles. The molecule has 1 N–H and O–H groups in total. The van der Waals surface area contributed by atoms with Gasteiger partial charge >= 0.3 is 11.9 Å². The van der Waals surface area contributed by atoms with Gasteiger partial charge in [-0.15, -0.1) is 0 Å². The lowest BCUT2D eigenvalue weighted by Crippen LogP contribution is -2.58. The van der Waals surface area contributed by atoms with Crippen molar-refractivity contribution in [3.05, 3.63) is 35.5 Å². The number of hydrogen-bond acceptors (Lipinski definition) is 5. The zero-order chi connectivity index (χ0) is 18.5. The van der Waals surface area contributed by atoms with Crippen molar-refractivity contribution in [2.24, 2.45) is 17.3 Å². The molecule has 0 radical (unpaired) electrons. The van der Waals surface area contributed by atoms with E-state index in [1.807, 2.05) is 19.9 Å². The van der Waals surface area contributed by atoms with Crippen LogP contribution in [0.3, 0.4) is 0 Å². The summed E-state index contributed by atoms with van der Waals surface area (Å²) in [5.41, 5.74) is 1.43. The van der Waals surface area contributed by atoms with Crippen LogP contribution in [0.5, 0.6) is 0 Å². The Morgan fingerprint density at radius 1 is 1.52 bits per heavy atom. The Labute approximate surface area is 148 Å². The molecular formula is C20H26O5. The summed E-state index contributed by atoms with van der Waals surface area (Å²) in [5.74, 6) is -1.38. The molecule has 25 heavy (non-hydrogen) atoms. The summed E-state index contributed by atoms with van der Waals surface area (Å²) < 4.78 is 11.4. The first-order chi connectivity index (χ1) is 11.7. The monoisotopic (exact) mass is 346 g/mol. The highest BCUT2D eigenvalue weighted by Crippen LogP contribution is 2.56. The van der Waals surface area contributed by atoms with Crippen LogP contribution in [0.4, 0.5) is 0 Å². The van der Waals surface area contributed by atoms with Crippen molar-refractivity contribution >= 4 is 11.9 Å². The molecule has 1 saturated heterocycles. The molecule has 0 amide bonds. The first-order valence-electron chi connectivity index (χ1n) is 8.79. The number of aliphatic hydroxyl groups excluding tert-OH is 1. The van der Waals surface area contributed by atoms with E-state index in [2.05, 4.69) is 6.58 Å². The molecule has 2 aliphatic carbocycles. The highest BCUT2D eigenvalue weighted by molar-refractivity contribution is 5.91. The van der Waals surface area contributed by atoms with E-state index in [-0.39, 0.29) is 11.8 Å². The SMILES string of the molecule is C=C1C(=O)O[C@H]2C[C@@]3(C)[C@H](O)CC=C(C)[C@@H]3[C@@H](OC(=O)C(C)=CC)[C@H]12. The standard InChI is InChI=1S/C20H26O5/c1-6-10(2)18(22)25-17-15-12(4)19(23)24-13(15)9-20(5)14(21)8-7-11(3)16(17)20/h6-7,13-17,21H,4,8-9H2,1-3,5H3/t13-,14+,15+,16+,17-,20-/m0/s1. The van der Waals surface area contributed by atoms with Crippen LogP contribution in [-0.2, 0) is 19.1 Å². The van der Waals surface area contributed by atoms with Gasteiger partial charge in [0.05, 0.1) is 12.0 Å². The van der Waals surface area contributed by atoms with Crippen molar-refractivity contribution in [2.45, 2.75) is 58.8 Å². The Balaban J connectivity index is 2.06. The van der Waals surface area contributed by atoms with E-state index in [1.165, 1.54) is 0 Å². The predicted octanol–water partition coefficient (Wildman–Crippen LogP) is 2.70. The molecule has 0 bridgehead atoms. The summed E-state index contributed by atoms with van der Waals surface area (Å²) in [4.78, 5) is 24.5. The maximum absolute atomic E-state index is 12.5. The fourth-order valence-corrected chi connectivity index (χ4v) is 4.66. The summed E-state index contributed by atoms with van der Waals surface area (Å²) in [6.07, 6.45) is 3.24. The van der Waals surface area contributed by atoms with E-state index in [1.54, 1.807) is 19.9 Å². The van der Waals surface area contributed by atoms with Crippen molar-refractivity contribution in [3.8, 4) is 0 Å². The van der Waals surface area contributed by atoms with Crippen LogP contribution in [-0.4, -0.2) is 35.4 Å². The molecule has 1 saturated carbocycles. The fourth-order valence-electron chi connectivity index (χ4n) is 4.66. The fraction of sp³-hybridized carbons (Fsp3) is 0.600. The topological polar surface area (TPSA) is 72.8 Å². The molecule has 0 aromatic rings. The van der Waals surface area contributed by atoms with Gasteiger partial charge in [0.25, 0.3) is 0 Å². The molecule has 0 aromatic heterocycles. The van der Waals surface area contributed by atoms with Crippen LogP contribution in [0.25, 0.3) is 0 Å². The smallest absolute Gasteiger partial charge is 0.334 e. The molecular weight excluding hydrogens is 320 g/mol. The average molecular weight is 346 g/mol. The van der Waals surface area contributed by atoms with Gasteiger partial charge in [-0.2, -0.15) is 0 Å². The highest BCUT2D eigenvalue weighted by atomic mass is 16.6. The zero-order valence-corrected chi connectivity index (χ0v) is 15.2. The zero-order valence-electron chi connectivity index (χ0n) is 15.2. The Morgan fingerprint density at radius 3 is 2.84 bits per heavy atom. The van der Waals surface area contributed by atoms with E-state index in [0.717, 1.165) is 5.57 Å². The van der Waals surface area contributed by atoms with Gasteiger partial charge < -0.3 is 14.6 Å². The number of fused-ring (bicyclic) bond motifs is 2. The minimum absolute atomic E-state index is 0.169. The van der Waals surface area contributed by atoms with Crippen LogP contribution in [0.1, 0.15) is 40.5 Å². The lowest BCUT2D eigenvalue weighted by molar-refractivity contribution is -0.174. The Morgan fingerprint density at radius 2 is 2.20 bits per heavy atom. The van der Waals surface area contributed by atoms with Crippen molar-refractivity contribution in [1.29, 1.82) is 0 Å². The van der Waals surface area contributed by atoms with Gasteiger partial charge in [0.2, 0.25) is 0 Å². The van der Waals surface area contributed by atoms with E-state index >= 15 is 0 Å². The maximum Gasteiger partial charge on any atom is 0.334 e. The summed E-state index contributed by atoms with van der Waals surface area (Å²) in [6, 6.07) is 0. The van der Waals surface area contributed by atoms with E-state index in [4.69, 9.17) is 9.47 Å². The summed E-state index contributed by atoms with van der Waals surface area (Å²) in [6.45, 7) is 11.4. The number of allylic oxidation sites excluding steroid dienone is 1. The van der Waals surface area contributed by atoms with E-state index in [0.29, 0.717) is 24.0 Å². The number of ether oxygens (including phenoxy) is 2. The molecule has 1 aliphatic heterocycles. The number of carbonyl (C=O) groups is 2. The van der Waals surface area contributed by atoms with Gasteiger partial charge in [-0.05, 0) is 33.6 Å². The van der Waals surface area contributed by atoms with E-state index < -0.39 is 35.7 Å². The molecule has 0 unspecified atom stereocenters. The van der Waals surface area contributed by atoms with E-state index in [9.17, 15) is 14.7 Å².